The Morgan fingerprint density at radius 2 is 2.33 bits per heavy atom. The summed E-state index contributed by atoms with van der Waals surface area (Å²) in [5, 5.41) is 7.37. The molecule has 0 aromatic carbocycles. The highest BCUT2D eigenvalue weighted by molar-refractivity contribution is 7.09. The number of aryl methyl sites for hydroxylation is 1. The normalized spacial score (nSPS) is 20.3. The second-order valence-corrected chi connectivity index (χ2v) is 5.12. The molecule has 1 atom stereocenters. The standard InChI is InChI=1S/C10H14N6OS/c1-6-11-10(18-15-6)16-5-3-2-4-7(16)8-12-9(17)14-13-8/h7H,2-5H2,1H3,(H2,12,13,14,17)/t7-/m1/s1. The first-order valence-corrected chi connectivity index (χ1v) is 6.73. The van der Waals surface area contributed by atoms with E-state index in [-0.39, 0.29) is 11.7 Å². The molecule has 1 aliphatic heterocycles. The zero-order valence-corrected chi connectivity index (χ0v) is 10.8. The van der Waals surface area contributed by atoms with Crippen molar-refractivity contribution < 1.29 is 0 Å². The zero-order chi connectivity index (χ0) is 12.5. The molecule has 0 aliphatic carbocycles. The second kappa shape index (κ2) is 4.52. The summed E-state index contributed by atoms with van der Waals surface area (Å²) < 4.78 is 4.21. The molecule has 1 aliphatic rings. The molecule has 0 spiro atoms. The Balaban J connectivity index is 1.93. The van der Waals surface area contributed by atoms with Crippen LogP contribution in [-0.2, 0) is 0 Å². The van der Waals surface area contributed by atoms with Gasteiger partial charge in [0.1, 0.15) is 5.82 Å². The smallest absolute Gasteiger partial charge is 0.337 e. The molecule has 1 fully saturated rings. The molecule has 7 nitrogen and oxygen atoms in total. The number of nitrogens with zero attached hydrogens (tertiary/aromatic N) is 4. The zero-order valence-electron chi connectivity index (χ0n) is 10.0. The molecule has 2 aromatic heterocycles. The van der Waals surface area contributed by atoms with Gasteiger partial charge in [-0.15, -0.1) is 0 Å². The van der Waals surface area contributed by atoms with Crippen LogP contribution in [0.3, 0.4) is 0 Å². The Labute approximate surface area is 107 Å². The van der Waals surface area contributed by atoms with Crippen LogP contribution in [0.4, 0.5) is 5.13 Å². The van der Waals surface area contributed by atoms with Crippen molar-refractivity contribution in [3.63, 3.8) is 0 Å². The summed E-state index contributed by atoms with van der Waals surface area (Å²) in [6.45, 7) is 2.81. The average molecular weight is 266 g/mol. The van der Waals surface area contributed by atoms with Crippen molar-refractivity contribution in [3.05, 3.63) is 22.1 Å². The molecular formula is C10H14N6OS. The average Bonchev–Trinajstić information content (AvgIpc) is 2.98. The van der Waals surface area contributed by atoms with E-state index in [2.05, 4.69) is 29.4 Å². The Hall–Kier alpha value is -1.70. The molecule has 1 saturated heterocycles. The van der Waals surface area contributed by atoms with E-state index >= 15 is 0 Å². The van der Waals surface area contributed by atoms with Crippen LogP contribution in [0.15, 0.2) is 4.79 Å². The summed E-state index contributed by atoms with van der Waals surface area (Å²) in [6, 6.07) is 0.0880. The van der Waals surface area contributed by atoms with E-state index in [0.29, 0.717) is 5.82 Å². The van der Waals surface area contributed by atoms with Gasteiger partial charge in [-0.2, -0.15) is 9.47 Å². The van der Waals surface area contributed by atoms with Crippen molar-refractivity contribution in [2.75, 3.05) is 11.4 Å². The highest BCUT2D eigenvalue weighted by Crippen LogP contribution is 2.33. The first-order chi connectivity index (χ1) is 8.74. The molecule has 0 unspecified atom stereocenters. The highest BCUT2D eigenvalue weighted by Gasteiger charge is 2.28. The van der Waals surface area contributed by atoms with Gasteiger partial charge < -0.3 is 4.90 Å². The maximum Gasteiger partial charge on any atom is 0.340 e. The Kier molecular flexibility index (Phi) is 2.86. The Morgan fingerprint density at radius 1 is 1.44 bits per heavy atom. The van der Waals surface area contributed by atoms with Gasteiger partial charge >= 0.3 is 5.69 Å². The monoisotopic (exact) mass is 266 g/mol. The Bertz CT molecular complexity index is 587. The van der Waals surface area contributed by atoms with Gasteiger partial charge in [0.05, 0.1) is 6.04 Å². The molecular weight excluding hydrogens is 252 g/mol. The summed E-state index contributed by atoms with van der Waals surface area (Å²) >= 11 is 1.40. The van der Waals surface area contributed by atoms with Crippen molar-refractivity contribution in [3.8, 4) is 0 Å². The molecule has 2 aromatic rings. The number of anilines is 1. The molecule has 3 rings (SSSR count). The van der Waals surface area contributed by atoms with Gasteiger partial charge in [-0.1, -0.05) is 0 Å². The van der Waals surface area contributed by atoms with E-state index in [1.54, 1.807) is 0 Å². The van der Waals surface area contributed by atoms with E-state index in [1.165, 1.54) is 11.5 Å². The third kappa shape index (κ3) is 2.03. The summed E-state index contributed by atoms with van der Waals surface area (Å²) in [5.74, 6) is 1.47. The number of piperidine rings is 1. The molecule has 96 valence electrons. The van der Waals surface area contributed by atoms with Crippen LogP contribution in [0.5, 0.6) is 0 Å². The molecule has 3 heterocycles. The summed E-state index contributed by atoms with van der Waals surface area (Å²) in [7, 11) is 0. The minimum atomic E-state index is -0.260. The van der Waals surface area contributed by atoms with Gasteiger partial charge in [0, 0.05) is 18.1 Å². The largest absolute Gasteiger partial charge is 0.340 e. The fraction of sp³-hybridized carbons (Fsp3) is 0.600. The predicted octanol–water partition coefficient (Wildman–Crippen LogP) is 0.990. The van der Waals surface area contributed by atoms with Crippen LogP contribution in [-0.4, -0.2) is 31.1 Å². The third-order valence-electron chi connectivity index (χ3n) is 3.10. The van der Waals surface area contributed by atoms with Gasteiger partial charge in [0.15, 0.2) is 5.82 Å². The maximum atomic E-state index is 11.2. The number of H-pyrrole nitrogens is 2. The van der Waals surface area contributed by atoms with Gasteiger partial charge in [-0.05, 0) is 26.2 Å². The summed E-state index contributed by atoms with van der Waals surface area (Å²) in [6.07, 6.45) is 3.23. The lowest BCUT2D eigenvalue weighted by atomic mass is 10.0. The molecule has 0 bridgehead atoms. The quantitative estimate of drug-likeness (QED) is 0.846. The van der Waals surface area contributed by atoms with Crippen molar-refractivity contribution in [1.29, 1.82) is 0 Å². The minimum Gasteiger partial charge on any atom is -0.337 e. The molecule has 2 N–H and O–H groups in total. The molecule has 0 radical (unpaired) electrons. The van der Waals surface area contributed by atoms with Gasteiger partial charge in [-0.3, -0.25) is 4.98 Å². The molecule has 0 saturated carbocycles. The number of rotatable bonds is 2. The van der Waals surface area contributed by atoms with E-state index in [1.807, 2.05) is 6.92 Å². The number of hydrogen-bond donors (Lipinski definition) is 2. The predicted molar refractivity (Wildman–Crippen MR) is 67.8 cm³/mol. The molecule has 0 amide bonds. The number of aromatic amines is 2. The van der Waals surface area contributed by atoms with Gasteiger partial charge in [0.2, 0.25) is 5.13 Å². The van der Waals surface area contributed by atoms with Crippen molar-refractivity contribution in [1.82, 2.24) is 24.5 Å². The van der Waals surface area contributed by atoms with E-state index in [9.17, 15) is 4.79 Å². The summed E-state index contributed by atoms with van der Waals surface area (Å²) in [5.41, 5.74) is -0.260. The van der Waals surface area contributed by atoms with Gasteiger partial charge in [-0.25, -0.2) is 14.9 Å². The first kappa shape index (κ1) is 11.4. The van der Waals surface area contributed by atoms with E-state index in [0.717, 1.165) is 36.8 Å². The van der Waals surface area contributed by atoms with Gasteiger partial charge in [0.25, 0.3) is 0 Å². The first-order valence-electron chi connectivity index (χ1n) is 5.95. The molecule has 18 heavy (non-hydrogen) atoms. The molecule has 8 heteroatoms. The SMILES string of the molecule is Cc1nsc(N2CCCC[C@@H]2c2n[nH]c(=O)[nH]2)n1. The lowest BCUT2D eigenvalue weighted by molar-refractivity contribution is 0.456. The van der Waals surface area contributed by atoms with Crippen LogP contribution in [0.25, 0.3) is 0 Å². The van der Waals surface area contributed by atoms with E-state index in [4.69, 9.17) is 0 Å². The van der Waals surface area contributed by atoms with E-state index < -0.39 is 0 Å². The number of nitrogens with one attached hydrogen (secondary N) is 2. The topological polar surface area (TPSA) is 90.6 Å². The van der Waals surface area contributed by atoms with Crippen LogP contribution >= 0.6 is 11.5 Å². The van der Waals surface area contributed by atoms with Crippen LogP contribution in [0.2, 0.25) is 0 Å². The number of hydrogen-bond acceptors (Lipinski definition) is 6. The number of aromatic nitrogens is 5. The second-order valence-electron chi connectivity index (χ2n) is 4.39. The highest BCUT2D eigenvalue weighted by atomic mass is 32.1. The minimum absolute atomic E-state index is 0.0880. The maximum absolute atomic E-state index is 11.2. The van der Waals surface area contributed by atoms with Crippen LogP contribution < -0.4 is 10.6 Å². The van der Waals surface area contributed by atoms with Crippen molar-refractivity contribution in [2.24, 2.45) is 0 Å². The Morgan fingerprint density at radius 3 is 3.00 bits per heavy atom. The summed E-state index contributed by atoms with van der Waals surface area (Å²) in [4.78, 5) is 20.5. The lowest BCUT2D eigenvalue weighted by Crippen LogP contribution is -2.34. The fourth-order valence-corrected chi connectivity index (χ4v) is 3.04. The van der Waals surface area contributed by atoms with Crippen molar-refractivity contribution >= 4 is 16.7 Å². The van der Waals surface area contributed by atoms with Crippen LogP contribution in [0.1, 0.15) is 37.0 Å². The fourth-order valence-electron chi connectivity index (χ4n) is 2.29. The lowest BCUT2D eigenvalue weighted by Gasteiger charge is -2.33. The third-order valence-corrected chi connectivity index (χ3v) is 3.95. The van der Waals surface area contributed by atoms with Crippen LogP contribution in [0, 0.1) is 6.92 Å². The van der Waals surface area contributed by atoms with Crippen molar-refractivity contribution in [2.45, 2.75) is 32.2 Å².